The number of amides is 2. The molecule has 174 valence electrons. The van der Waals surface area contributed by atoms with E-state index in [1.807, 2.05) is 24.3 Å². The lowest BCUT2D eigenvalue weighted by Gasteiger charge is -2.06. The average Bonchev–Trinajstić information content (AvgIpc) is 3.35. The van der Waals surface area contributed by atoms with E-state index in [9.17, 15) is 9.59 Å². The topological polar surface area (TPSA) is 71.5 Å². The first-order valence-corrected chi connectivity index (χ1v) is 12.7. The first kappa shape index (κ1) is 24.7. The van der Waals surface area contributed by atoms with Gasteiger partial charge in [0.25, 0.3) is 11.8 Å². The van der Waals surface area contributed by atoms with E-state index >= 15 is 0 Å². The molecule has 34 heavy (non-hydrogen) atoms. The molecule has 4 rings (SSSR count). The molecule has 3 aromatic rings. The fraction of sp³-hybridized carbons (Fsp3) is 0.130. The van der Waals surface area contributed by atoms with Crippen molar-refractivity contribution in [1.82, 2.24) is 9.88 Å². The number of thiazole rings is 1. The highest BCUT2D eigenvalue weighted by Crippen LogP contribution is 2.31. The van der Waals surface area contributed by atoms with E-state index in [4.69, 9.17) is 40.2 Å². The third-order valence-electron chi connectivity index (χ3n) is 4.70. The molecule has 1 N–H and O–H groups in total. The van der Waals surface area contributed by atoms with Gasteiger partial charge in [0.1, 0.15) is 10.1 Å². The van der Waals surface area contributed by atoms with Gasteiger partial charge >= 0.3 is 0 Å². The number of thioether (sulfide) groups is 1. The molecule has 0 atom stereocenters. The summed E-state index contributed by atoms with van der Waals surface area (Å²) in [6, 6.07) is 12.6. The molecule has 0 radical (unpaired) electrons. The SMILES string of the molecule is CN1C(=O)/C(=C/c2ccc(OCC(=O)Nc3ncc(Cc4ccc(Cl)c(Cl)c4)s3)cc2)SC1=S. The summed E-state index contributed by atoms with van der Waals surface area (Å²) in [5.41, 5.74) is 1.84. The Hall–Kier alpha value is -2.43. The maximum Gasteiger partial charge on any atom is 0.265 e. The summed E-state index contributed by atoms with van der Waals surface area (Å²) in [4.78, 5) is 31.6. The molecule has 0 aliphatic carbocycles. The monoisotopic (exact) mass is 549 g/mol. The van der Waals surface area contributed by atoms with Gasteiger partial charge in [0.05, 0.1) is 15.0 Å². The van der Waals surface area contributed by atoms with Crippen molar-refractivity contribution in [2.24, 2.45) is 0 Å². The van der Waals surface area contributed by atoms with Gasteiger partial charge < -0.3 is 4.74 Å². The Balaban J connectivity index is 1.28. The van der Waals surface area contributed by atoms with E-state index in [-0.39, 0.29) is 18.4 Å². The first-order valence-electron chi connectivity index (χ1n) is 9.91. The van der Waals surface area contributed by atoms with E-state index in [1.165, 1.54) is 28.0 Å². The van der Waals surface area contributed by atoms with Crippen LogP contribution in [-0.4, -0.2) is 39.7 Å². The Morgan fingerprint density at radius 3 is 2.65 bits per heavy atom. The van der Waals surface area contributed by atoms with Gasteiger partial charge in [0, 0.05) is 24.5 Å². The van der Waals surface area contributed by atoms with Crippen LogP contribution in [0.1, 0.15) is 16.0 Å². The van der Waals surface area contributed by atoms with Crippen LogP contribution in [0.4, 0.5) is 5.13 Å². The van der Waals surface area contributed by atoms with Crippen LogP contribution in [0, 0.1) is 0 Å². The lowest BCUT2D eigenvalue weighted by molar-refractivity contribution is -0.121. The third-order valence-corrected chi connectivity index (χ3v) is 7.83. The first-order chi connectivity index (χ1) is 16.3. The second kappa shape index (κ2) is 10.9. The summed E-state index contributed by atoms with van der Waals surface area (Å²) in [5, 5.41) is 4.24. The molecule has 1 aromatic heterocycles. The number of nitrogens with zero attached hydrogens (tertiary/aromatic N) is 2. The zero-order valence-electron chi connectivity index (χ0n) is 17.7. The van der Waals surface area contributed by atoms with E-state index < -0.39 is 0 Å². The summed E-state index contributed by atoms with van der Waals surface area (Å²) in [6.07, 6.45) is 4.13. The van der Waals surface area contributed by atoms with Crippen LogP contribution in [0.15, 0.2) is 53.6 Å². The summed E-state index contributed by atoms with van der Waals surface area (Å²) < 4.78 is 6.09. The van der Waals surface area contributed by atoms with Gasteiger partial charge in [-0.3, -0.25) is 19.8 Å². The summed E-state index contributed by atoms with van der Waals surface area (Å²) in [6.45, 7) is -0.157. The molecule has 11 heteroatoms. The fourth-order valence-electron chi connectivity index (χ4n) is 2.96. The van der Waals surface area contributed by atoms with Crippen molar-refractivity contribution in [3.8, 4) is 5.75 Å². The number of ether oxygens (including phenoxy) is 1. The summed E-state index contributed by atoms with van der Waals surface area (Å²) in [5.74, 6) is 0.107. The van der Waals surface area contributed by atoms with Gasteiger partial charge in [-0.25, -0.2) is 4.98 Å². The molecule has 0 saturated carbocycles. The Morgan fingerprint density at radius 1 is 1.21 bits per heavy atom. The number of thiocarbonyl (C=S) groups is 1. The van der Waals surface area contributed by atoms with E-state index in [0.717, 1.165) is 16.0 Å². The highest BCUT2D eigenvalue weighted by atomic mass is 35.5. The maximum atomic E-state index is 12.3. The van der Waals surface area contributed by atoms with Crippen molar-refractivity contribution in [2.75, 3.05) is 19.0 Å². The highest BCUT2D eigenvalue weighted by Gasteiger charge is 2.28. The minimum absolute atomic E-state index is 0.116. The van der Waals surface area contributed by atoms with Crippen LogP contribution in [-0.2, 0) is 16.0 Å². The van der Waals surface area contributed by atoms with Gasteiger partial charge in [-0.1, -0.05) is 65.4 Å². The summed E-state index contributed by atoms with van der Waals surface area (Å²) >= 11 is 19.8. The van der Waals surface area contributed by atoms with Gasteiger partial charge in [-0.2, -0.15) is 0 Å². The highest BCUT2D eigenvalue weighted by molar-refractivity contribution is 8.26. The maximum absolute atomic E-state index is 12.3. The Labute approximate surface area is 219 Å². The number of rotatable bonds is 7. The van der Waals surface area contributed by atoms with Crippen molar-refractivity contribution in [1.29, 1.82) is 0 Å². The smallest absolute Gasteiger partial charge is 0.265 e. The van der Waals surface area contributed by atoms with Crippen molar-refractivity contribution >= 4 is 85.9 Å². The molecule has 1 fully saturated rings. The molecular weight excluding hydrogens is 533 g/mol. The fourth-order valence-corrected chi connectivity index (χ4v) is 5.32. The molecule has 0 bridgehead atoms. The molecule has 6 nitrogen and oxygen atoms in total. The molecular formula is C23H17Cl2N3O3S3. The molecule has 1 saturated heterocycles. The minimum Gasteiger partial charge on any atom is -0.484 e. The molecule has 2 amide bonds. The number of hydrogen-bond donors (Lipinski definition) is 1. The largest absolute Gasteiger partial charge is 0.484 e. The van der Waals surface area contributed by atoms with Gasteiger partial charge in [0.15, 0.2) is 11.7 Å². The third kappa shape index (κ3) is 6.17. The number of hydrogen-bond acceptors (Lipinski definition) is 7. The van der Waals surface area contributed by atoms with Crippen LogP contribution in [0.3, 0.4) is 0 Å². The van der Waals surface area contributed by atoms with Crippen molar-refractivity contribution < 1.29 is 14.3 Å². The zero-order valence-corrected chi connectivity index (χ0v) is 21.7. The van der Waals surface area contributed by atoms with Gasteiger partial charge in [-0.05, 0) is 41.5 Å². The summed E-state index contributed by atoms with van der Waals surface area (Å²) in [7, 11) is 1.66. The molecule has 0 unspecified atom stereocenters. The number of aromatic nitrogens is 1. The Kier molecular flexibility index (Phi) is 7.90. The standard InChI is InChI=1S/C23H17Cl2N3O3S3/c1-28-21(30)19(34-23(28)32)10-13-2-5-15(6-3-13)31-12-20(29)27-22-26-11-16(33-22)8-14-4-7-17(24)18(25)9-14/h2-7,9-11H,8,12H2,1H3,(H,26,27,29)/b19-10-. The van der Waals surface area contributed by atoms with Crippen molar-refractivity contribution in [3.05, 3.63) is 79.6 Å². The van der Waals surface area contributed by atoms with Crippen LogP contribution in [0.5, 0.6) is 5.75 Å². The van der Waals surface area contributed by atoms with Crippen LogP contribution < -0.4 is 10.1 Å². The van der Waals surface area contributed by atoms with E-state index in [0.29, 0.717) is 36.6 Å². The molecule has 0 spiro atoms. The molecule has 2 aromatic carbocycles. The van der Waals surface area contributed by atoms with Crippen LogP contribution in [0.25, 0.3) is 6.08 Å². The molecule has 2 heterocycles. The van der Waals surface area contributed by atoms with Gasteiger partial charge in [0.2, 0.25) is 0 Å². The van der Waals surface area contributed by atoms with Crippen molar-refractivity contribution in [2.45, 2.75) is 6.42 Å². The average molecular weight is 551 g/mol. The predicted octanol–water partition coefficient (Wildman–Crippen LogP) is 5.89. The lowest BCUT2D eigenvalue weighted by atomic mass is 10.1. The molecule has 1 aliphatic heterocycles. The normalized spacial score (nSPS) is 14.7. The second-order valence-corrected chi connectivity index (χ2v) is 10.8. The quantitative estimate of drug-likeness (QED) is 0.292. The number of halogens is 2. The number of nitrogens with one attached hydrogen (secondary N) is 1. The van der Waals surface area contributed by atoms with Gasteiger partial charge in [-0.15, -0.1) is 11.3 Å². The van der Waals surface area contributed by atoms with Crippen molar-refractivity contribution in [3.63, 3.8) is 0 Å². The lowest BCUT2D eigenvalue weighted by Crippen LogP contribution is -2.22. The van der Waals surface area contributed by atoms with Crippen LogP contribution in [0.2, 0.25) is 10.0 Å². The Bertz CT molecular complexity index is 1290. The number of benzene rings is 2. The Morgan fingerprint density at radius 2 is 1.97 bits per heavy atom. The van der Waals surface area contributed by atoms with E-state index in [2.05, 4.69) is 10.3 Å². The predicted molar refractivity (Wildman–Crippen MR) is 143 cm³/mol. The number of anilines is 1. The van der Waals surface area contributed by atoms with Crippen LogP contribution >= 0.6 is 58.5 Å². The number of likely N-dealkylation sites (N-methyl/N-ethyl adjacent to an activating group) is 1. The minimum atomic E-state index is -0.314. The second-order valence-electron chi connectivity index (χ2n) is 7.20. The van der Waals surface area contributed by atoms with E-state index in [1.54, 1.807) is 37.5 Å². The zero-order chi connectivity index (χ0) is 24.2. The number of carbonyl (C=O) groups is 2. The number of carbonyl (C=O) groups excluding carboxylic acids is 2. The molecule has 1 aliphatic rings.